The molecule has 0 spiro atoms. The van der Waals surface area contributed by atoms with Crippen LogP contribution in [0.2, 0.25) is 0 Å². The van der Waals surface area contributed by atoms with Crippen LogP contribution in [0.4, 0.5) is 5.69 Å². The highest BCUT2D eigenvalue weighted by Crippen LogP contribution is 2.61. The summed E-state index contributed by atoms with van der Waals surface area (Å²) in [6.45, 7) is 6.81. The molecule has 2 bridgehead atoms. The average Bonchev–Trinajstić information content (AvgIpc) is 2.94. The maximum atomic E-state index is 12.7. The number of rotatable bonds is 3. The van der Waals surface area contributed by atoms with E-state index < -0.39 is 0 Å². The standard InChI is InChI=1S/C21H25NO4/c1-12-16-10-14(21(16,2)3)11-17(12)26-20(25)13-5-4-6-15(9-13)22-18(23)7-8-19(22)24/h4-6,9,12,14,16-17H,7-8,10-11H2,1-3H3/t12-,14+,16-,17-/m0/s1. The molecule has 5 nitrogen and oxygen atoms in total. The zero-order chi connectivity index (χ0) is 18.6. The van der Waals surface area contributed by atoms with Crippen molar-refractivity contribution in [1.29, 1.82) is 0 Å². The molecule has 0 aromatic heterocycles. The molecule has 1 saturated heterocycles. The molecular weight excluding hydrogens is 330 g/mol. The lowest BCUT2D eigenvalue weighted by Gasteiger charge is -2.61. The second kappa shape index (κ2) is 5.93. The third kappa shape index (κ3) is 2.56. The summed E-state index contributed by atoms with van der Waals surface area (Å²) >= 11 is 0. The predicted octanol–water partition coefficient (Wildman–Crippen LogP) is 3.57. The first-order valence-electron chi connectivity index (χ1n) is 9.46. The van der Waals surface area contributed by atoms with Crippen LogP contribution in [0, 0.1) is 23.2 Å². The lowest BCUT2D eigenvalue weighted by Crippen LogP contribution is -2.57. The largest absolute Gasteiger partial charge is 0.458 e. The summed E-state index contributed by atoms with van der Waals surface area (Å²) < 4.78 is 5.83. The summed E-state index contributed by atoms with van der Waals surface area (Å²) in [5.41, 5.74) is 1.19. The number of anilines is 1. The van der Waals surface area contributed by atoms with Crippen molar-refractivity contribution in [1.82, 2.24) is 0 Å². The lowest BCUT2D eigenvalue weighted by molar-refractivity contribution is -0.156. The Kier molecular flexibility index (Phi) is 3.94. The molecule has 1 heterocycles. The number of hydrogen-bond donors (Lipinski definition) is 0. The predicted molar refractivity (Wildman–Crippen MR) is 96.5 cm³/mol. The molecule has 26 heavy (non-hydrogen) atoms. The Bertz CT molecular complexity index is 768. The molecule has 0 N–H and O–H groups in total. The number of imide groups is 1. The van der Waals surface area contributed by atoms with Crippen molar-refractivity contribution in [3.05, 3.63) is 29.8 Å². The molecule has 1 aliphatic heterocycles. The molecule has 5 heteroatoms. The Morgan fingerprint density at radius 3 is 2.46 bits per heavy atom. The van der Waals surface area contributed by atoms with Crippen LogP contribution in [-0.2, 0) is 14.3 Å². The van der Waals surface area contributed by atoms with Gasteiger partial charge in [-0.1, -0.05) is 26.8 Å². The van der Waals surface area contributed by atoms with E-state index in [1.807, 2.05) is 0 Å². The van der Waals surface area contributed by atoms with Gasteiger partial charge in [0, 0.05) is 12.8 Å². The van der Waals surface area contributed by atoms with Crippen molar-refractivity contribution in [3.8, 4) is 0 Å². The minimum Gasteiger partial charge on any atom is -0.458 e. The van der Waals surface area contributed by atoms with Gasteiger partial charge in [-0.25, -0.2) is 4.79 Å². The summed E-state index contributed by atoms with van der Waals surface area (Å²) in [6.07, 6.45) is 2.55. The normalized spacial score (nSPS) is 32.3. The van der Waals surface area contributed by atoms with Gasteiger partial charge < -0.3 is 4.74 Å². The number of nitrogens with zero attached hydrogens (tertiary/aromatic N) is 1. The molecule has 4 aliphatic rings. The van der Waals surface area contributed by atoms with Crippen LogP contribution in [-0.4, -0.2) is 23.9 Å². The van der Waals surface area contributed by atoms with E-state index >= 15 is 0 Å². The number of carbonyl (C=O) groups excluding carboxylic acids is 3. The summed E-state index contributed by atoms with van der Waals surface area (Å²) in [5, 5.41) is 0. The minimum atomic E-state index is -0.373. The Morgan fingerprint density at radius 1 is 1.15 bits per heavy atom. The molecule has 3 saturated carbocycles. The highest BCUT2D eigenvalue weighted by Gasteiger charge is 2.57. The summed E-state index contributed by atoms with van der Waals surface area (Å²) in [5.74, 6) is 0.760. The van der Waals surface area contributed by atoms with E-state index in [9.17, 15) is 14.4 Å². The monoisotopic (exact) mass is 355 g/mol. The minimum absolute atomic E-state index is 0.0574. The van der Waals surface area contributed by atoms with Crippen molar-refractivity contribution in [2.45, 2.75) is 52.6 Å². The van der Waals surface area contributed by atoms with Gasteiger partial charge in [0.05, 0.1) is 11.3 Å². The van der Waals surface area contributed by atoms with Crippen molar-refractivity contribution >= 4 is 23.5 Å². The summed E-state index contributed by atoms with van der Waals surface area (Å²) in [4.78, 5) is 37.7. The Labute approximate surface area is 153 Å². The van der Waals surface area contributed by atoms with Crippen LogP contribution in [0.25, 0.3) is 0 Å². The lowest BCUT2D eigenvalue weighted by atomic mass is 9.45. The van der Waals surface area contributed by atoms with Crippen LogP contribution in [0.3, 0.4) is 0 Å². The van der Waals surface area contributed by atoms with E-state index in [-0.39, 0.29) is 36.7 Å². The molecule has 4 atom stereocenters. The maximum absolute atomic E-state index is 12.7. The van der Waals surface area contributed by atoms with E-state index in [0.717, 1.165) is 11.3 Å². The zero-order valence-electron chi connectivity index (χ0n) is 15.5. The number of benzene rings is 1. The molecule has 3 aliphatic carbocycles. The van der Waals surface area contributed by atoms with E-state index in [1.54, 1.807) is 24.3 Å². The molecule has 2 amide bonds. The molecule has 1 aromatic rings. The van der Waals surface area contributed by atoms with Gasteiger partial charge in [0.15, 0.2) is 0 Å². The van der Waals surface area contributed by atoms with Crippen LogP contribution in [0.5, 0.6) is 0 Å². The van der Waals surface area contributed by atoms with Crippen LogP contribution >= 0.6 is 0 Å². The second-order valence-electron chi connectivity index (χ2n) is 8.57. The third-order valence-electron chi connectivity index (χ3n) is 6.93. The molecule has 1 aromatic carbocycles. The topological polar surface area (TPSA) is 63.7 Å². The summed E-state index contributed by atoms with van der Waals surface area (Å²) in [7, 11) is 0. The van der Waals surface area contributed by atoms with Gasteiger partial charge in [0.25, 0.3) is 0 Å². The fourth-order valence-corrected chi connectivity index (χ4v) is 5.10. The van der Waals surface area contributed by atoms with Gasteiger partial charge in [0.1, 0.15) is 6.10 Å². The van der Waals surface area contributed by atoms with E-state index in [2.05, 4.69) is 20.8 Å². The number of carbonyl (C=O) groups is 3. The van der Waals surface area contributed by atoms with E-state index in [4.69, 9.17) is 4.74 Å². The van der Waals surface area contributed by atoms with Crippen molar-refractivity contribution in [3.63, 3.8) is 0 Å². The van der Waals surface area contributed by atoms with E-state index in [0.29, 0.717) is 34.4 Å². The highest BCUT2D eigenvalue weighted by atomic mass is 16.5. The zero-order valence-corrected chi connectivity index (χ0v) is 15.5. The van der Waals surface area contributed by atoms with Crippen LogP contribution < -0.4 is 4.90 Å². The fraction of sp³-hybridized carbons (Fsp3) is 0.571. The first kappa shape index (κ1) is 17.3. The number of esters is 1. The number of ether oxygens (including phenoxy) is 1. The molecule has 0 unspecified atom stereocenters. The smallest absolute Gasteiger partial charge is 0.338 e. The van der Waals surface area contributed by atoms with Crippen molar-refractivity contribution in [2.75, 3.05) is 4.90 Å². The van der Waals surface area contributed by atoms with E-state index in [1.165, 1.54) is 6.42 Å². The Morgan fingerprint density at radius 2 is 1.85 bits per heavy atom. The number of fused-ring (bicyclic) bond motifs is 2. The molecular formula is C21H25NO4. The molecule has 5 rings (SSSR count). The highest BCUT2D eigenvalue weighted by molar-refractivity contribution is 6.20. The number of hydrogen-bond acceptors (Lipinski definition) is 4. The van der Waals surface area contributed by atoms with Crippen LogP contribution in [0.15, 0.2) is 24.3 Å². The van der Waals surface area contributed by atoms with Gasteiger partial charge in [-0.3, -0.25) is 14.5 Å². The van der Waals surface area contributed by atoms with Gasteiger partial charge in [-0.2, -0.15) is 0 Å². The SMILES string of the molecule is C[C@@H]1[C@@H](OC(=O)c2cccc(N3C(=O)CCC3=O)c2)C[C@H]2C[C@@H]1C2(C)C. The van der Waals surface area contributed by atoms with Crippen molar-refractivity contribution in [2.24, 2.45) is 23.2 Å². The maximum Gasteiger partial charge on any atom is 0.338 e. The number of amides is 2. The fourth-order valence-electron chi connectivity index (χ4n) is 5.10. The van der Waals surface area contributed by atoms with Gasteiger partial charge in [-0.15, -0.1) is 0 Å². The molecule has 138 valence electrons. The van der Waals surface area contributed by atoms with Gasteiger partial charge >= 0.3 is 5.97 Å². The van der Waals surface area contributed by atoms with Gasteiger partial charge in [0.2, 0.25) is 11.8 Å². The van der Waals surface area contributed by atoms with Crippen LogP contribution in [0.1, 0.15) is 56.8 Å². The molecule has 4 fully saturated rings. The van der Waals surface area contributed by atoms with Crippen molar-refractivity contribution < 1.29 is 19.1 Å². The Hall–Kier alpha value is -2.17. The second-order valence-corrected chi connectivity index (χ2v) is 8.57. The summed E-state index contributed by atoms with van der Waals surface area (Å²) in [6, 6.07) is 6.63. The average molecular weight is 355 g/mol. The Balaban J connectivity index is 1.49. The van der Waals surface area contributed by atoms with Gasteiger partial charge in [-0.05, 0) is 54.2 Å². The third-order valence-corrected chi connectivity index (χ3v) is 6.93. The molecule has 0 radical (unpaired) electrons. The first-order valence-corrected chi connectivity index (χ1v) is 9.46. The quantitative estimate of drug-likeness (QED) is 0.614. The first-order chi connectivity index (χ1) is 12.3.